The molecule has 0 amide bonds. The van der Waals surface area contributed by atoms with Gasteiger partial charge in [-0.1, -0.05) is 67.1 Å². The van der Waals surface area contributed by atoms with Crippen LogP contribution in [0, 0.1) is 0 Å². The summed E-state index contributed by atoms with van der Waals surface area (Å²) in [6, 6.07) is 22.6. The van der Waals surface area contributed by atoms with Crippen LogP contribution in [0.2, 0.25) is 5.02 Å². The van der Waals surface area contributed by atoms with E-state index in [4.69, 9.17) is 21.7 Å². The highest BCUT2D eigenvalue weighted by Gasteiger charge is 2.14. The monoisotopic (exact) mass is 357 g/mol. The largest absolute Gasteiger partial charge is 0.226 e. The molecule has 4 heteroatoms. The van der Waals surface area contributed by atoms with Gasteiger partial charge >= 0.3 is 0 Å². The topological polar surface area (TPSA) is 30.2 Å². The van der Waals surface area contributed by atoms with Crippen molar-refractivity contribution in [3.63, 3.8) is 0 Å². The fraction of sp³-hybridized carbons (Fsp3) is 0.0909. The van der Waals surface area contributed by atoms with Crippen molar-refractivity contribution in [1.82, 2.24) is 14.6 Å². The van der Waals surface area contributed by atoms with Crippen LogP contribution in [0.25, 0.3) is 38.7 Å². The zero-order valence-corrected chi connectivity index (χ0v) is 15.0. The molecular formula is C22H16ClN3. The molecule has 0 radical (unpaired) electrons. The van der Waals surface area contributed by atoms with Gasteiger partial charge < -0.3 is 0 Å². The van der Waals surface area contributed by atoms with E-state index >= 15 is 0 Å². The Morgan fingerprint density at radius 1 is 0.923 bits per heavy atom. The molecule has 0 bridgehead atoms. The van der Waals surface area contributed by atoms with Crippen molar-refractivity contribution in [2.24, 2.45) is 0 Å². The van der Waals surface area contributed by atoms with Crippen molar-refractivity contribution in [3.8, 4) is 11.3 Å². The lowest BCUT2D eigenvalue weighted by molar-refractivity contribution is 0.985. The van der Waals surface area contributed by atoms with Gasteiger partial charge in [0, 0.05) is 21.4 Å². The highest BCUT2D eigenvalue weighted by Crippen LogP contribution is 2.31. The average molecular weight is 358 g/mol. The third-order valence-corrected chi connectivity index (χ3v) is 5.09. The van der Waals surface area contributed by atoms with E-state index in [1.165, 1.54) is 5.56 Å². The van der Waals surface area contributed by atoms with Crippen LogP contribution in [-0.2, 0) is 6.42 Å². The molecule has 0 aliphatic carbocycles. The molecule has 5 aromatic rings. The lowest BCUT2D eigenvalue weighted by Gasteiger charge is -2.09. The predicted molar refractivity (Wildman–Crippen MR) is 108 cm³/mol. The van der Waals surface area contributed by atoms with Gasteiger partial charge in [-0.2, -0.15) is 5.10 Å². The van der Waals surface area contributed by atoms with Gasteiger partial charge in [-0.05, 0) is 30.2 Å². The molecule has 0 aliphatic heterocycles. The van der Waals surface area contributed by atoms with Gasteiger partial charge in [-0.15, -0.1) is 0 Å². The van der Waals surface area contributed by atoms with Crippen molar-refractivity contribution >= 4 is 39.1 Å². The average Bonchev–Trinajstić information content (AvgIpc) is 3.05. The van der Waals surface area contributed by atoms with Crippen LogP contribution in [0.5, 0.6) is 0 Å². The van der Waals surface area contributed by atoms with Crippen LogP contribution in [0.1, 0.15) is 12.5 Å². The zero-order chi connectivity index (χ0) is 17.7. The molecule has 26 heavy (non-hydrogen) atoms. The van der Waals surface area contributed by atoms with E-state index in [-0.39, 0.29) is 0 Å². The molecule has 0 saturated carbocycles. The molecular weight excluding hydrogens is 342 g/mol. The molecule has 0 spiro atoms. The second-order valence-corrected chi connectivity index (χ2v) is 6.86. The van der Waals surface area contributed by atoms with Crippen LogP contribution in [-0.4, -0.2) is 14.6 Å². The molecule has 0 aliphatic rings. The van der Waals surface area contributed by atoms with E-state index in [1.54, 1.807) is 0 Å². The molecule has 2 heterocycles. The molecule has 0 atom stereocenters. The summed E-state index contributed by atoms with van der Waals surface area (Å²) < 4.78 is 1.91. The summed E-state index contributed by atoms with van der Waals surface area (Å²) in [5.74, 6) is 0. The first kappa shape index (κ1) is 15.4. The van der Waals surface area contributed by atoms with Gasteiger partial charge in [-0.25, -0.2) is 9.50 Å². The Morgan fingerprint density at radius 3 is 2.46 bits per heavy atom. The first-order valence-electron chi connectivity index (χ1n) is 8.70. The van der Waals surface area contributed by atoms with E-state index in [0.29, 0.717) is 5.02 Å². The maximum absolute atomic E-state index is 6.22. The van der Waals surface area contributed by atoms with Crippen LogP contribution in [0.4, 0.5) is 0 Å². The van der Waals surface area contributed by atoms with E-state index < -0.39 is 0 Å². The van der Waals surface area contributed by atoms with E-state index in [0.717, 1.165) is 45.1 Å². The second-order valence-electron chi connectivity index (χ2n) is 6.42. The Morgan fingerprint density at radius 2 is 1.69 bits per heavy atom. The van der Waals surface area contributed by atoms with E-state index in [2.05, 4.69) is 43.3 Å². The summed E-state index contributed by atoms with van der Waals surface area (Å²) in [4.78, 5) is 4.79. The van der Waals surface area contributed by atoms with Crippen LogP contribution < -0.4 is 0 Å². The van der Waals surface area contributed by atoms with Crippen LogP contribution in [0.15, 0.2) is 66.7 Å². The Labute approximate surface area is 155 Å². The number of halogens is 1. The van der Waals surface area contributed by atoms with E-state index in [1.807, 2.05) is 34.8 Å². The standard InChI is InChI=1S/C22H16ClN3/c1-2-14-7-9-15(10-8-14)21-17-5-3-4-6-18(17)22-24-19-12-11-16(23)13-20(19)26(22)25-21/h3-13H,2H2,1H3. The summed E-state index contributed by atoms with van der Waals surface area (Å²) in [5, 5.41) is 7.83. The molecule has 126 valence electrons. The zero-order valence-electron chi connectivity index (χ0n) is 14.3. The Kier molecular flexibility index (Phi) is 3.44. The summed E-state index contributed by atoms with van der Waals surface area (Å²) in [7, 11) is 0. The molecule has 0 unspecified atom stereocenters. The molecule has 3 aromatic carbocycles. The highest BCUT2D eigenvalue weighted by atomic mass is 35.5. The molecule has 0 saturated heterocycles. The number of imidazole rings is 1. The number of fused-ring (bicyclic) bond motifs is 5. The number of hydrogen-bond donors (Lipinski definition) is 0. The summed E-state index contributed by atoms with van der Waals surface area (Å²) in [6.07, 6.45) is 1.03. The number of hydrogen-bond acceptors (Lipinski definition) is 2. The highest BCUT2D eigenvalue weighted by molar-refractivity contribution is 6.31. The molecule has 5 rings (SSSR count). The van der Waals surface area contributed by atoms with Crippen molar-refractivity contribution in [3.05, 3.63) is 77.3 Å². The predicted octanol–water partition coefficient (Wildman–Crippen LogP) is 5.92. The lowest BCUT2D eigenvalue weighted by Crippen LogP contribution is -1.97. The summed E-state index contributed by atoms with van der Waals surface area (Å²) >= 11 is 6.22. The fourth-order valence-electron chi connectivity index (χ4n) is 3.46. The molecule has 3 nitrogen and oxygen atoms in total. The number of aryl methyl sites for hydroxylation is 1. The Hall–Kier alpha value is -2.91. The third kappa shape index (κ3) is 2.28. The van der Waals surface area contributed by atoms with Crippen molar-refractivity contribution < 1.29 is 0 Å². The van der Waals surface area contributed by atoms with Gasteiger partial charge in [0.05, 0.1) is 16.7 Å². The van der Waals surface area contributed by atoms with Gasteiger partial charge in [0.1, 0.15) is 0 Å². The second kappa shape index (κ2) is 5.82. The van der Waals surface area contributed by atoms with Gasteiger partial charge in [-0.3, -0.25) is 0 Å². The maximum Gasteiger partial charge on any atom is 0.162 e. The first-order valence-corrected chi connectivity index (χ1v) is 9.08. The van der Waals surface area contributed by atoms with E-state index in [9.17, 15) is 0 Å². The van der Waals surface area contributed by atoms with Crippen LogP contribution in [0.3, 0.4) is 0 Å². The number of benzene rings is 3. The minimum atomic E-state index is 0.683. The smallest absolute Gasteiger partial charge is 0.162 e. The van der Waals surface area contributed by atoms with Gasteiger partial charge in [0.25, 0.3) is 0 Å². The Balaban J connectivity index is 1.91. The minimum Gasteiger partial charge on any atom is -0.226 e. The minimum absolute atomic E-state index is 0.683. The molecule has 0 N–H and O–H groups in total. The summed E-state index contributed by atoms with van der Waals surface area (Å²) in [6.45, 7) is 2.16. The summed E-state index contributed by atoms with van der Waals surface area (Å²) in [5.41, 5.74) is 6.04. The number of nitrogens with zero attached hydrogens (tertiary/aromatic N) is 3. The SMILES string of the molecule is CCc1ccc(-c2nn3c4cc(Cl)ccc4nc3c3ccccc23)cc1. The maximum atomic E-state index is 6.22. The fourth-order valence-corrected chi connectivity index (χ4v) is 3.63. The number of rotatable bonds is 2. The molecule has 0 fully saturated rings. The first-order chi connectivity index (χ1) is 12.7. The molecule has 2 aromatic heterocycles. The normalized spacial score (nSPS) is 11.6. The van der Waals surface area contributed by atoms with Crippen LogP contribution >= 0.6 is 11.6 Å². The van der Waals surface area contributed by atoms with Gasteiger partial charge in [0.15, 0.2) is 5.65 Å². The quantitative estimate of drug-likeness (QED) is 0.392. The van der Waals surface area contributed by atoms with Gasteiger partial charge in [0.2, 0.25) is 0 Å². The van der Waals surface area contributed by atoms with Crippen molar-refractivity contribution in [1.29, 1.82) is 0 Å². The third-order valence-electron chi connectivity index (χ3n) is 4.85. The van der Waals surface area contributed by atoms with Crippen molar-refractivity contribution in [2.45, 2.75) is 13.3 Å². The van der Waals surface area contributed by atoms with Crippen molar-refractivity contribution in [2.75, 3.05) is 0 Å². The Bertz CT molecular complexity index is 1270. The number of aromatic nitrogens is 3. The lowest BCUT2D eigenvalue weighted by atomic mass is 10.0.